The molecule has 1 aliphatic rings. The first-order chi connectivity index (χ1) is 13.6. The number of para-hydroxylation sites is 3. The van der Waals surface area contributed by atoms with Crippen molar-refractivity contribution in [1.29, 1.82) is 0 Å². The number of hydrogen-bond acceptors (Lipinski definition) is 5. The van der Waals surface area contributed by atoms with Gasteiger partial charge in [0.2, 0.25) is 5.78 Å². The van der Waals surface area contributed by atoms with Crippen molar-refractivity contribution in [3.8, 4) is 5.75 Å². The van der Waals surface area contributed by atoms with Crippen molar-refractivity contribution >= 4 is 34.3 Å². The molecule has 1 N–H and O–H groups in total. The van der Waals surface area contributed by atoms with Crippen molar-refractivity contribution in [3.05, 3.63) is 60.3 Å². The smallest absolute Gasteiger partial charge is 0.308 e. The summed E-state index contributed by atoms with van der Waals surface area (Å²) in [5, 5.41) is 0.791. The molecule has 0 unspecified atom stereocenters. The number of amides is 1. The number of esters is 1. The maximum atomic E-state index is 12.4. The fraction of sp³-hybridized carbons (Fsp3) is 0.190. The number of Topliss-reactive ketones (excluding diaryl/α,β-unsaturated/α-hetero) is 1. The predicted octanol–water partition coefficient (Wildman–Crippen LogP) is 2.71. The Kier molecular flexibility index (Phi) is 4.80. The van der Waals surface area contributed by atoms with Gasteiger partial charge in [-0.15, -0.1) is 0 Å². The van der Waals surface area contributed by atoms with E-state index in [0.717, 1.165) is 10.9 Å². The molecule has 0 saturated heterocycles. The van der Waals surface area contributed by atoms with Crippen molar-refractivity contribution in [2.75, 3.05) is 24.7 Å². The van der Waals surface area contributed by atoms with Crippen molar-refractivity contribution in [2.24, 2.45) is 0 Å². The number of nitrogens with one attached hydrogen (secondary N) is 1. The van der Waals surface area contributed by atoms with E-state index in [0.29, 0.717) is 17.0 Å². The summed E-state index contributed by atoms with van der Waals surface area (Å²) >= 11 is 0. The van der Waals surface area contributed by atoms with Crippen LogP contribution in [0.25, 0.3) is 10.9 Å². The number of ketones is 1. The molecule has 0 bridgehead atoms. The molecule has 0 aliphatic carbocycles. The van der Waals surface area contributed by atoms with E-state index in [-0.39, 0.29) is 37.9 Å². The number of carbonyl (C=O) groups excluding carboxylic acids is 3. The van der Waals surface area contributed by atoms with Gasteiger partial charge in [-0.2, -0.15) is 0 Å². The molecule has 0 fully saturated rings. The Balaban J connectivity index is 1.34. The number of fused-ring (bicyclic) bond motifs is 2. The molecular weight excluding hydrogens is 360 g/mol. The summed E-state index contributed by atoms with van der Waals surface area (Å²) in [7, 11) is 0. The van der Waals surface area contributed by atoms with E-state index >= 15 is 0 Å². The molecular formula is C21H18N2O5. The average Bonchev–Trinajstić information content (AvgIpc) is 3.15. The number of benzene rings is 2. The molecule has 7 nitrogen and oxygen atoms in total. The number of H-pyrrole nitrogens is 1. The van der Waals surface area contributed by atoms with Crippen LogP contribution in [0.15, 0.2) is 54.7 Å². The molecule has 4 rings (SSSR count). The summed E-state index contributed by atoms with van der Waals surface area (Å²) in [5.41, 5.74) is 1.96. The van der Waals surface area contributed by atoms with E-state index in [4.69, 9.17) is 9.47 Å². The van der Waals surface area contributed by atoms with E-state index in [1.54, 1.807) is 24.4 Å². The van der Waals surface area contributed by atoms with Crippen LogP contribution in [0, 0.1) is 0 Å². The van der Waals surface area contributed by atoms with E-state index in [1.165, 1.54) is 4.90 Å². The van der Waals surface area contributed by atoms with Crippen LogP contribution in [0.5, 0.6) is 5.75 Å². The second-order valence-electron chi connectivity index (χ2n) is 6.38. The van der Waals surface area contributed by atoms with Gasteiger partial charge in [0.05, 0.1) is 12.1 Å². The summed E-state index contributed by atoms with van der Waals surface area (Å²) in [6.07, 6.45) is 1.60. The lowest BCUT2D eigenvalue weighted by molar-refractivity contribution is -0.142. The number of anilines is 1. The first-order valence-electron chi connectivity index (χ1n) is 8.90. The van der Waals surface area contributed by atoms with Gasteiger partial charge in [-0.25, -0.2) is 0 Å². The number of nitrogens with zero attached hydrogens (tertiary/aromatic N) is 1. The van der Waals surface area contributed by atoms with Crippen LogP contribution in [-0.4, -0.2) is 42.4 Å². The van der Waals surface area contributed by atoms with Gasteiger partial charge in [-0.05, 0) is 18.2 Å². The van der Waals surface area contributed by atoms with E-state index in [1.807, 2.05) is 30.3 Å². The third-order valence-corrected chi connectivity index (χ3v) is 4.60. The maximum Gasteiger partial charge on any atom is 0.308 e. The van der Waals surface area contributed by atoms with Gasteiger partial charge in [0, 0.05) is 29.2 Å². The van der Waals surface area contributed by atoms with Crippen molar-refractivity contribution in [3.63, 3.8) is 0 Å². The van der Waals surface area contributed by atoms with Crippen molar-refractivity contribution in [1.82, 2.24) is 4.98 Å². The first kappa shape index (κ1) is 17.8. The molecule has 1 aliphatic heterocycles. The lowest BCUT2D eigenvalue weighted by Gasteiger charge is -2.28. The normalized spacial score (nSPS) is 13.1. The molecule has 2 heterocycles. The first-order valence-corrected chi connectivity index (χ1v) is 8.90. The largest absolute Gasteiger partial charge is 0.482 e. The Morgan fingerprint density at radius 3 is 2.79 bits per heavy atom. The topological polar surface area (TPSA) is 88.7 Å². The van der Waals surface area contributed by atoms with Crippen LogP contribution in [0.3, 0.4) is 0 Å². The standard InChI is InChI=1S/C21H18N2O5/c24-18(15-11-22-16-6-2-1-5-14(15)16)12-28-21(26)9-10-23-17-7-3-4-8-19(17)27-13-20(23)25/h1-8,11,22H,9-10,12-13H2. The summed E-state index contributed by atoms with van der Waals surface area (Å²) in [6, 6.07) is 14.6. The van der Waals surface area contributed by atoms with E-state index in [2.05, 4.69) is 4.98 Å². The second kappa shape index (κ2) is 7.56. The summed E-state index contributed by atoms with van der Waals surface area (Å²) in [4.78, 5) is 41.1. The Morgan fingerprint density at radius 2 is 1.89 bits per heavy atom. The Labute approximate surface area is 160 Å². The highest BCUT2D eigenvalue weighted by Crippen LogP contribution is 2.31. The lowest BCUT2D eigenvalue weighted by atomic mass is 10.1. The van der Waals surface area contributed by atoms with Gasteiger partial charge in [0.15, 0.2) is 13.2 Å². The second-order valence-corrected chi connectivity index (χ2v) is 6.38. The van der Waals surface area contributed by atoms with Crippen LogP contribution in [0.1, 0.15) is 16.8 Å². The molecule has 0 saturated carbocycles. The molecule has 28 heavy (non-hydrogen) atoms. The summed E-state index contributed by atoms with van der Waals surface area (Å²) in [5.74, 6) is -0.435. The van der Waals surface area contributed by atoms with Crippen molar-refractivity contribution in [2.45, 2.75) is 6.42 Å². The Hall–Kier alpha value is -3.61. The minimum absolute atomic E-state index is 0.0127. The number of ether oxygens (including phenoxy) is 2. The molecule has 0 radical (unpaired) electrons. The number of rotatable bonds is 6. The highest BCUT2D eigenvalue weighted by molar-refractivity contribution is 6.08. The highest BCUT2D eigenvalue weighted by atomic mass is 16.5. The zero-order chi connectivity index (χ0) is 19.5. The van der Waals surface area contributed by atoms with Crippen LogP contribution in [0.2, 0.25) is 0 Å². The van der Waals surface area contributed by atoms with Crippen LogP contribution < -0.4 is 9.64 Å². The zero-order valence-corrected chi connectivity index (χ0v) is 15.0. The lowest BCUT2D eigenvalue weighted by Crippen LogP contribution is -2.40. The summed E-state index contributed by atoms with van der Waals surface area (Å²) < 4.78 is 10.5. The number of aromatic amines is 1. The monoisotopic (exact) mass is 378 g/mol. The minimum Gasteiger partial charge on any atom is -0.482 e. The minimum atomic E-state index is -0.537. The van der Waals surface area contributed by atoms with Gasteiger partial charge in [-0.1, -0.05) is 30.3 Å². The molecule has 7 heteroatoms. The maximum absolute atomic E-state index is 12.4. The molecule has 3 aromatic rings. The SMILES string of the molecule is O=C(CCN1C(=O)COc2ccccc21)OCC(=O)c1c[nH]c2ccccc12. The fourth-order valence-corrected chi connectivity index (χ4v) is 3.20. The average molecular weight is 378 g/mol. The van der Waals surface area contributed by atoms with Crippen LogP contribution in [0.4, 0.5) is 5.69 Å². The Morgan fingerprint density at radius 1 is 1.11 bits per heavy atom. The molecule has 2 aromatic carbocycles. The van der Waals surface area contributed by atoms with Gasteiger partial charge in [0.1, 0.15) is 5.75 Å². The zero-order valence-electron chi connectivity index (χ0n) is 15.0. The molecule has 142 valence electrons. The van der Waals surface area contributed by atoms with E-state index in [9.17, 15) is 14.4 Å². The molecule has 0 atom stereocenters. The third-order valence-electron chi connectivity index (χ3n) is 4.60. The van der Waals surface area contributed by atoms with Crippen LogP contribution >= 0.6 is 0 Å². The Bertz CT molecular complexity index is 1060. The van der Waals surface area contributed by atoms with Crippen molar-refractivity contribution < 1.29 is 23.9 Å². The quantitative estimate of drug-likeness (QED) is 0.526. The fourth-order valence-electron chi connectivity index (χ4n) is 3.20. The number of hydrogen-bond donors (Lipinski definition) is 1. The third kappa shape index (κ3) is 3.46. The molecule has 1 amide bonds. The predicted molar refractivity (Wildman–Crippen MR) is 102 cm³/mol. The number of aromatic nitrogens is 1. The van der Waals surface area contributed by atoms with Gasteiger partial charge < -0.3 is 19.4 Å². The van der Waals surface area contributed by atoms with Gasteiger partial charge in [-0.3, -0.25) is 14.4 Å². The van der Waals surface area contributed by atoms with E-state index < -0.39 is 5.97 Å². The molecule has 0 spiro atoms. The highest BCUT2D eigenvalue weighted by Gasteiger charge is 2.25. The number of carbonyl (C=O) groups is 3. The van der Waals surface area contributed by atoms with Crippen LogP contribution in [-0.2, 0) is 14.3 Å². The van der Waals surface area contributed by atoms with Gasteiger partial charge >= 0.3 is 5.97 Å². The molecule has 1 aromatic heterocycles. The van der Waals surface area contributed by atoms with Gasteiger partial charge in [0.25, 0.3) is 5.91 Å². The summed E-state index contributed by atoms with van der Waals surface area (Å²) in [6.45, 7) is -0.237.